The van der Waals surface area contributed by atoms with E-state index < -0.39 is 9.84 Å². The first kappa shape index (κ1) is 26.3. The van der Waals surface area contributed by atoms with Crippen molar-refractivity contribution < 1.29 is 13.2 Å². The maximum absolute atomic E-state index is 11.3. The molecule has 198 valence electrons. The van der Waals surface area contributed by atoms with Gasteiger partial charge < -0.3 is 15.4 Å². The van der Waals surface area contributed by atoms with Crippen molar-refractivity contribution in [2.75, 3.05) is 23.9 Å². The largest absolute Gasteiger partial charge is 0.489 e. The second kappa shape index (κ2) is 12.0. The topological polar surface area (TPSA) is 106 Å². The molecule has 0 bridgehead atoms. The van der Waals surface area contributed by atoms with Crippen LogP contribution in [0.1, 0.15) is 11.1 Å². The lowest BCUT2D eigenvalue weighted by Crippen LogP contribution is -2.21. The molecule has 0 saturated heterocycles. The zero-order chi connectivity index (χ0) is 27.1. The first-order valence-corrected chi connectivity index (χ1v) is 14.6. The Morgan fingerprint density at radius 3 is 2.36 bits per heavy atom. The van der Waals surface area contributed by atoms with E-state index in [0.29, 0.717) is 25.5 Å². The summed E-state index contributed by atoms with van der Waals surface area (Å²) < 4.78 is 28.5. The molecule has 5 aromatic rings. The Bertz CT molecular complexity index is 1640. The van der Waals surface area contributed by atoms with Crippen LogP contribution in [0.15, 0.2) is 97.5 Å². The highest BCUT2D eigenvalue weighted by Gasteiger charge is 2.09. The third kappa shape index (κ3) is 7.37. The van der Waals surface area contributed by atoms with E-state index in [1.807, 2.05) is 84.9 Å². The lowest BCUT2D eigenvalue weighted by molar-refractivity contribution is 0.306. The lowest BCUT2D eigenvalue weighted by Gasteiger charge is -2.11. The van der Waals surface area contributed by atoms with Crippen LogP contribution >= 0.6 is 0 Å². The molecule has 0 aliphatic carbocycles. The zero-order valence-electron chi connectivity index (χ0n) is 21.5. The van der Waals surface area contributed by atoms with Crippen molar-refractivity contribution >= 4 is 32.2 Å². The molecule has 39 heavy (non-hydrogen) atoms. The Hall–Kier alpha value is -4.34. The van der Waals surface area contributed by atoms with Gasteiger partial charge in [-0.2, -0.15) is 0 Å². The highest BCUT2D eigenvalue weighted by atomic mass is 32.2. The van der Waals surface area contributed by atoms with E-state index in [1.165, 1.54) is 12.6 Å². The van der Waals surface area contributed by atoms with Crippen LogP contribution in [0.5, 0.6) is 5.75 Å². The number of hydrogen-bond donors (Lipinski definition) is 2. The van der Waals surface area contributed by atoms with Gasteiger partial charge in [-0.1, -0.05) is 54.6 Å². The van der Waals surface area contributed by atoms with Crippen LogP contribution in [0.25, 0.3) is 22.2 Å². The zero-order valence-corrected chi connectivity index (χ0v) is 22.4. The van der Waals surface area contributed by atoms with Gasteiger partial charge in [-0.25, -0.2) is 18.4 Å². The van der Waals surface area contributed by atoms with Crippen LogP contribution in [-0.4, -0.2) is 41.9 Å². The molecule has 0 spiro atoms. The third-order valence-corrected chi connectivity index (χ3v) is 7.06. The number of benzene rings is 3. The SMILES string of the molecule is CS(=O)(=O)CCNCc1ccc(-c2cc3c(Nc4ccc(OCc5ccccc5)cc4)ncnc3cn2)cc1. The van der Waals surface area contributed by atoms with Crippen molar-refractivity contribution in [1.82, 2.24) is 20.3 Å². The first-order valence-electron chi connectivity index (χ1n) is 12.6. The Labute approximate surface area is 228 Å². The van der Waals surface area contributed by atoms with Gasteiger partial charge in [0.05, 0.1) is 23.2 Å². The highest BCUT2D eigenvalue weighted by molar-refractivity contribution is 7.90. The molecule has 0 unspecified atom stereocenters. The molecule has 2 aromatic heterocycles. The standard InChI is InChI=1S/C30H29N5O3S/c1-39(36,37)16-15-31-18-22-7-9-24(10-8-22)28-17-27-29(19-32-28)33-21-34-30(27)35-25-11-13-26(14-12-25)38-20-23-5-3-2-4-6-23/h2-14,17,19,21,31H,15-16,18,20H2,1H3,(H,33,34,35). The molecule has 0 saturated carbocycles. The number of anilines is 2. The molecule has 0 aliphatic heterocycles. The Morgan fingerprint density at radius 1 is 0.846 bits per heavy atom. The van der Waals surface area contributed by atoms with Crippen LogP contribution in [0, 0.1) is 0 Å². The van der Waals surface area contributed by atoms with Gasteiger partial charge in [0.15, 0.2) is 0 Å². The summed E-state index contributed by atoms with van der Waals surface area (Å²) in [5.41, 5.74) is 5.58. The molecule has 9 heteroatoms. The number of fused-ring (bicyclic) bond motifs is 1. The quantitative estimate of drug-likeness (QED) is 0.222. The smallest absolute Gasteiger partial charge is 0.148 e. The monoisotopic (exact) mass is 539 g/mol. The van der Waals surface area contributed by atoms with Crippen LogP contribution in [0.3, 0.4) is 0 Å². The fourth-order valence-electron chi connectivity index (χ4n) is 4.01. The van der Waals surface area contributed by atoms with Gasteiger partial charge in [-0.3, -0.25) is 4.98 Å². The molecule has 2 heterocycles. The number of aromatic nitrogens is 3. The van der Waals surface area contributed by atoms with Gasteiger partial charge in [-0.15, -0.1) is 0 Å². The summed E-state index contributed by atoms with van der Waals surface area (Å²) >= 11 is 0. The number of rotatable bonds is 11. The van der Waals surface area contributed by atoms with Gasteiger partial charge in [0, 0.05) is 36.0 Å². The normalized spacial score (nSPS) is 11.4. The Kier molecular flexibility index (Phi) is 8.10. The van der Waals surface area contributed by atoms with Gasteiger partial charge in [0.2, 0.25) is 0 Å². The lowest BCUT2D eigenvalue weighted by atomic mass is 10.1. The second-order valence-corrected chi connectivity index (χ2v) is 11.5. The summed E-state index contributed by atoms with van der Waals surface area (Å²) in [4.78, 5) is 13.4. The molecule has 0 fully saturated rings. The number of ether oxygens (including phenoxy) is 1. The second-order valence-electron chi connectivity index (χ2n) is 9.24. The van der Waals surface area contributed by atoms with Crippen molar-refractivity contribution in [1.29, 1.82) is 0 Å². The predicted octanol–water partition coefficient (Wildman–Crippen LogP) is 5.15. The van der Waals surface area contributed by atoms with E-state index in [2.05, 4.69) is 25.6 Å². The summed E-state index contributed by atoms with van der Waals surface area (Å²) in [6, 6.07) is 27.8. The van der Waals surface area contributed by atoms with Gasteiger partial charge in [0.25, 0.3) is 0 Å². The average Bonchev–Trinajstić information content (AvgIpc) is 2.95. The molecular formula is C30H29N5O3S. The number of hydrogen-bond acceptors (Lipinski definition) is 8. The third-order valence-electron chi connectivity index (χ3n) is 6.12. The van der Waals surface area contributed by atoms with E-state index in [4.69, 9.17) is 4.74 Å². The summed E-state index contributed by atoms with van der Waals surface area (Å²) in [5, 5.41) is 7.41. The van der Waals surface area contributed by atoms with Gasteiger partial charge in [0.1, 0.15) is 34.3 Å². The number of nitrogens with zero attached hydrogens (tertiary/aromatic N) is 3. The first-order chi connectivity index (χ1) is 18.9. The van der Waals surface area contributed by atoms with Crippen molar-refractivity contribution in [3.63, 3.8) is 0 Å². The molecule has 0 aliphatic rings. The van der Waals surface area contributed by atoms with Crippen molar-refractivity contribution in [2.24, 2.45) is 0 Å². The highest BCUT2D eigenvalue weighted by Crippen LogP contribution is 2.28. The fourth-order valence-corrected chi connectivity index (χ4v) is 4.53. The number of sulfone groups is 1. The van der Waals surface area contributed by atoms with E-state index >= 15 is 0 Å². The summed E-state index contributed by atoms with van der Waals surface area (Å²) in [5.74, 6) is 1.60. The van der Waals surface area contributed by atoms with Crippen LogP contribution in [-0.2, 0) is 23.0 Å². The van der Waals surface area contributed by atoms with E-state index in [9.17, 15) is 8.42 Å². The molecular weight excluding hydrogens is 510 g/mol. The molecule has 0 radical (unpaired) electrons. The minimum atomic E-state index is -2.97. The molecule has 0 amide bonds. The fraction of sp³-hybridized carbons (Fsp3) is 0.167. The molecule has 3 aromatic carbocycles. The summed E-state index contributed by atoms with van der Waals surface area (Å²) in [7, 11) is -2.97. The van der Waals surface area contributed by atoms with E-state index in [1.54, 1.807) is 6.20 Å². The molecule has 5 rings (SSSR count). The van der Waals surface area contributed by atoms with Crippen LogP contribution in [0.2, 0.25) is 0 Å². The maximum atomic E-state index is 11.3. The Balaban J connectivity index is 1.26. The van der Waals surface area contributed by atoms with E-state index in [-0.39, 0.29) is 5.75 Å². The van der Waals surface area contributed by atoms with Crippen LogP contribution in [0.4, 0.5) is 11.5 Å². The number of nitrogens with one attached hydrogen (secondary N) is 2. The molecule has 0 atom stereocenters. The average molecular weight is 540 g/mol. The summed E-state index contributed by atoms with van der Waals surface area (Å²) in [6.45, 7) is 1.53. The van der Waals surface area contributed by atoms with Crippen LogP contribution < -0.4 is 15.4 Å². The number of pyridine rings is 1. The Morgan fingerprint density at radius 2 is 1.62 bits per heavy atom. The predicted molar refractivity (Wildman–Crippen MR) is 155 cm³/mol. The van der Waals surface area contributed by atoms with Crippen molar-refractivity contribution in [2.45, 2.75) is 13.2 Å². The van der Waals surface area contributed by atoms with Crippen molar-refractivity contribution in [3.05, 3.63) is 109 Å². The molecule has 2 N–H and O–H groups in total. The summed E-state index contributed by atoms with van der Waals surface area (Å²) in [6.07, 6.45) is 4.51. The minimum Gasteiger partial charge on any atom is -0.489 e. The van der Waals surface area contributed by atoms with Crippen molar-refractivity contribution in [3.8, 4) is 17.0 Å². The molecule has 8 nitrogen and oxygen atoms in total. The van der Waals surface area contributed by atoms with Gasteiger partial charge in [-0.05, 0) is 41.5 Å². The maximum Gasteiger partial charge on any atom is 0.148 e. The minimum absolute atomic E-state index is 0.122. The van der Waals surface area contributed by atoms with E-state index in [0.717, 1.165) is 44.7 Å². The van der Waals surface area contributed by atoms with Gasteiger partial charge >= 0.3 is 0 Å².